The number of nitrogens with zero attached hydrogens (tertiary/aromatic N) is 1. The molecule has 1 fully saturated rings. The second kappa shape index (κ2) is 6.92. The molecule has 0 bridgehead atoms. The van der Waals surface area contributed by atoms with Gasteiger partial charge < -0.3 is 10.2 Å². The Kier molecular flexibility index (Phi) is 5.32. The van der Waals surface area contributed by atoms with Gasteiger partial charge in [0.1, 0.15) is 12.6 Å². The smallest absolute Gasteiger partial charge is 0.345 e. The Morgan fingerprint density at radius 2 is 1.88 bits per heavy atom. The number of alkyl halides is 3. The number of benzene rings is 1. The van der Waals surface area contributed by atoms with E-state index >= 15 is 0 Å². The van der Waals surface area contributed by atoms with Crippen molar-refractivity contribution in [1.82, 2.24) is 10.2 Å². The third-order valence-electron chi connectivity index (χ3n) is 3.52. The predicted octanol–water partition coefficient (Wildman–Crippen LogP) is 2.90. The van der Waals surface area contributed by atoms with Crippen molar-refractivity contribution in [2.45, 2.75) is 25.1 Å². The molecule has 132 valence electrons. The first-order chi connectivity index (χ1) is 11.1. The summed E-state index contributed by atoms with van der Waals surface area (Å²) in [6, 6.07) is 0.103. The first kappa shape index (κ1) is 18.4. The molecule has 1 atom stereocenters. The first-order valence-electron chi connectivity index (χ1n) is 6.90. The molecule has 0 radical (unpaired) electrons. The minimum absolute atomic E-state index is 0.0955. The van der Waals surface area contributed by atoms with Crippen LogP contribution in [0.1, 0.15) is 23.2 Å². The minimum Gasteiger partial charge on any atom is -0.345 e. The molecule has 1 aliphatic heterocycles. The molecule has 0 spiro atoms. The van der Waals surface area contributed by atoms with Crippen LogP contribution in [0.3, 0.4) is 0 Å². The number of likely N-dealkylation sites (tertiary alicyclic amines) is 1. The number of halogens is 6. The molecule has 0 aliphatic carbocycles. The maximum absolute atomic E-state index is 13.3. The zero-order valence-electron chi connectivity index (χ0n) is 12.1. The van der Waals surface area contributed by atoms with Gasteiger partial charge in [0.2, 0.25) is 5.91 Å². The molecule has 24 heavy (non-hydrogen) atoms. The number of amides is 2. The van der Waals surface area contributed by atoms with E-state index in [1.807, 2.05) is 0 Å². The predicted molar refractivity (Wildman–Crippen MR) is 74.5 cm³/mol. The van der Waals surface area contributed by atoms with Gasteiger partial charge in [0.05, 0.1) is 10.6 Å². The van der Waals surface area contributed by atoms with Gasteiger partial charge in [0, 0.05) is 6.54 Å². The van der Waals surface area contributed by atoms with Crippen molar-refractivity contribution in [2.75, 3.05) is 13.1 Å². The van der Waals surface area contributed by atoms with E-state index in [9.17, 15) is 31.5 Å². The van der Waals surface area contributed by atoms with E-state index in [1.54, 1.807) is 5.32 Å². The van der Waals surface area contributed by atoms with E-state index in [4.69, 9.17) is 11.6 Å². The summed E-state index contributed by atoms with van der Waals surface area (Å²) in [7, 11) is 0. The molecular weight excluding hydrogens is 359 g/mol. The summed E-state index contributed by atoms with van der Waals surface area (Å²) in [6.07, 6.45) is -4.03. The van der Waals surface area contributed by atoms with Crippen LogP contribution in [0.2, 0.25) is 5.02 Å². The molecule has 1 N–H and O–H groups in total. The molecule has 1 aromatic rings. The van der Waals surface area contributed by atoms with Gasteiger partial charge in [-0.2, -0.15) is 13.2 Å². The van der Waals surface area contributed by atoms with E-state index in [0.29, 0.717) is 18.6 Å². The van der Waals surface area contributed by atoms with Gasteiger partial charge in [-0.15, -0.1) is 0 Å². The first-order valence-corrected chi connectivity index (χ1v) is 7.28. The molecule has 10 heteroatoms. The van der Waals surface area contributed by atoms with Crippen LogP contribution in [-0.4, -0.2) is 42.0 Å². The maximum Gasteiger partial charge on any atom is 0.405 e. The van der Waals surface area contributed by atoms with Crippen molar-refractivity contribution in [1.29, 1.82) is 0 Å². The molecule has 0 aromatic heterocycles. The molecule has 2 rings (SSSR count). The van der Waals surface area contributed by atoms with Crippen molar-refractivity contribution >= 4 is 23.4 Å². The summed E-state index contributed by atoms with van der Waals surface area (Å²) in [5.41, 5.74) is -0.355. The highest BCUT2D eigenvalue weighted by Gasteiger charge is 2.37. The van der Waals surface area contributed by atoms with E-state index in [0.717, 1.165) is 4.90 Å². The monoisotopic (exact) mass is 370 g/mol. The average Bonchev–Trinajstić information content (AvgIpc) is 2.96. The van der Waals surface area contributed by atoms with Gasteiger partial charge in [-0.25, -0.2) is 8.78 Å². The Labute approximate surface area is 138 Å². The fraction of sp³-hybridized carbons (Fsp3) is 0.429. The molecule has 1 saturated heterocycles. The van der Waals surface area contributed by atoms with Crippen LogP contribution in [0.25, 0.3) is 0 Å². The van der Waals surface area contributed by atoms with Crippen molar-refractivity contribution < 1.29 is 31.5 Å². The molecule has 1 heterocycles. The molecule has 0 unspecified atom stereocenters. The zero-order valence-corrected chi connectivity index (χ0v) is 12.8. The average molecular weight is 371 g/mol. The van der Waals surface area contributed by atoms with Crippen LogP contribution in [0.15, 0.2) is 12.1 Å². The van der Waals surface area contributed by atoms with Crippen LogP contribution >= 0.6 is 11.6 Å². The number of carbonyl (C=O) groups excluding carboxylic acids is 2. The van der Waals surface area contributed by atoms with Crippen molar-refractivity contribution in [2.24, 2.45) is 0 Å². The number of hydrogen-bond acceptors (Lipinski definition) is 2. The quantitative estimate of drug-likeness (QED) is 0.657. The fourth-order valence-electron chi connectivity index (χ4n) is 2.43. The highest BCUT2D eigenvalue weighted by molar-refractivity contribution is 6.33. The lowest BCUT2D eigenvalue weighted by Crippen LogP contribution is -2.48. The minimum atomic E-state index is -4.58. The van der Waals surface area contributed by atoms with Gasteiger partial charge in [-0.1, -0.05) is 11.6 Å². The zero-order chi connectivity index (χ0) is 18.1. The van der Waals surface area contributed by atoms with Gasteiger partial charge in [-0.3, -0.25) is 9.59 Å². The lowest BCUT2D eigenvalue weighted by Gasteiger charge is -2.24. The number of carbonyl (C=O) groups is 2. The van der Waals surface area contributed by atoms with Gasteiger partial charge in [0.15, 0.2) is 11.6 Å². The molecule has 2 amide bonds. The van der Waals surface area contributed by atoms with Gasteiger partial charge >= 0.3 is 6.18 Å². The van der Waals surface area contributed by atoms with Crippen molar-refractivity contribution in [3.05, 3.63) is 34.4 Å². The summed E-state index contributed by atoms with van der Waals surface area (Å²) in [6.45, 7) is -1.42. The Bertz CT molecular complexity index is 665. The largest absolute Gasteiger partial charge is 0.405 e. The molecule has 1 aliphatic rings. The van der Waals surface area contributed by atoms with Crippen LogP contribution in [0, 0.1) is 11.6 Å². The molecule has 1 aromatic carbocycles. The SMILES string of the molecule is O=C(NCC(F)(F)F)[C@@H]1CCCN1C(=O)c1cc(F)c(F)cc1Cl. The van der Waals surface area contributed by atoms with Crippen LogP contribution in [0.4, 0.5) is 22.0 Å². The Hall–Kier alpha value is -1.90. The van der Waals surface area contributed by atoms with E-state index in [-0.39, 0.29) is 23.6 Å². The Balaban J connectivity index is 2.17. The van der Waals surface area contributed by atoms with Crippen LogP contribution in [0.5, 0.6) is 0 Å². The van der Waals surface area contributed by atoms with E-state index in [1.165, 1.54) is 0 Å². The van der Waals surface area contributed by atoms with Gasteiger partial charge in [0.25, 0.3) is 5.91 Å². The normalized spacial score (nSPS) is 17.9. The van der Waals surface area contributed by atoms with Crippen molar-refractivity contribution in [3.63, 3.8) is 0 Å². The lowest BCUT2D eigenvalue weighted by molar-refractivity contribution is -0.140. The topological polar surface area (TPSA) is 49.4 Å². The summed E-state index contributed by atoms with van der Waals surface area (Å²) in [4.78, 5) is 25.3. The third-order valence-corrected chi connectivity index (χ3v) is 3.83. The lowest BCUT2D eigenvalue weighted by atomic mass is 10.1. The highest BCUT2D eigenvalue weighted by Crippen LogP contribution is 2.26. The maximum atomic E-state index is 13.3. The third kappa shape index (κ3) is 4.14. The summed E-state index contributed by atoms with van der Waals surface area (Å²) in [5, 5.41) is 1.36. The van der Waals surface area contributed by atoms with Crippen LogP contribution < -0.4 is 5.32 Å². The standard InChI is InChI=1S/C14H12ClF5N2O2/c15-8-5-10(17)9(16)4-7(8)13(24)22-3-1-2-11(22)12(23)21-6-14(18,19)20/h4-5,11H,1-3,6H2,(H,21,23)/t11-/m0/s1. The second-order valence-electron chi connectivity index (χ2n) is 5.24. The molecule has 4 nitrogen and oxygen atoms in total. The fourth-order valence-corrected chi connectivity index (χ4v) is 2.66. The van der Waals surface area contributed by atoms with Crippen LogP contribution in [-0.2, 0) is 4.79 Å². The Morgan fingerprint density at radius 3 is 2.50 bits per heavy atom. The van der Waals surface area contributed by atoms with E-state index < -0.39 is 42.2 Å². The number of hydrogen-bond donors (Lipinski definition) is 1. The Morgan fingerprint density at radius 1 is 1.25 bits per heavy atom. The van der Waals surface area contributed by atoms with E-state index in [2.05, 4.69) is 0 Å². The molecule has 0 saturated carbocycles. The number of nitrogens with one attached hydrogen (secondary N) is 1. The number of rotatable bonds is 3. The highest BCUT2D eigenvalue weighted by atomic mass is 35.5. The summed E-state index contributed by atoms with van der Waals surface area (Å²) < 4.78 is 62.9. The summed E-state index contributed by atoms with van der Waals surface area (Å²) >= 11 is 5.72. The summed E-state index contributed by atoms with van der Waals surface area (Å²) in [5.74, 6) is -4.34. The molecular formula is C14H12ClF5N2O2. The second-order valence-corrected chi connectivity index (χ2v) is 5.64. The van der Waals surface area contributed by atoms with Gasteiger partial charge in [-0.05, 0) is 25.0 Å². The van der Waals surface area contributed by atoms with Crippen molar-refractivity contribution in [3.8, 4) is 0 Å².